The molecule has 6 heterocycles. The van der Waals surface area contributed by atoms with Gasteiger partial charge in [0.2, 0.25) is 5.91 Å². The minimum atomic E-state index is -4.77. The molecular weight excluding hydrogens is 959 g/mol. The van der Waals surface area contributed by atoms with E-state index < -0.39 is 20.0 Å². The van der Waals surface area contributed by atoms with Crippen molar-refractivity contribution in [2.24, 2.45) is 5.41 Å². The standard InChI is InChI=1S/C52H64ClN10O8P/c1-9-46(65)57-41-24-34(10-13-43(41)61-19-18-59(29-32(61)3)35-15-17-60(31(2)22-35)36-11-12-40(53)39(25-36)52(6,7)71-72(67,68)69)56-47-49(70-8)55-28-42(58-47)37-14-16-54-48(38(37)30-64)63-21-20-62-44(50(63)66)23-33-26-51(4,5)27-45(33)62/h9-14,16,23-25,28,31-32,35,64H,1,15,17-22,26-27,29-30H2,2-8H3,(H,56,58)(H,57,65)(H2,67,68,69)/t31-,32-,35?/m0/s1. The smallest absolute Gasteiger partial charge is 0.470 e. The summed E-state index contributed by atoms with van der Waals surface area (Å²) in [5.41, 5.74) is 6.84. The number of ether oxygens (including phenoxy) is 1. The Morgan fingerprint density at radius 3 is 2.51 bits per heavy atom. The highest BCUT2D eigenvalue weighted by atomic mass is 35.5. The molecular formula is C52H64ClN10O8P. The van der Waals surface area contributed by atoms with Crippen LogP contribution in [0.15, 0.2) is 73.6 Å². The predicted octanol–water partition coefficient (Wildman–Crippen LogP) is 8.06. The minimum absolute atomic E-state index is 0.0906. The molecule has 0 spiro atoms. The first-order valence-electron chi connectivity index (χ1n) is 24.4. The summed E-state index contributed by atoms with van der Waals surface area (Å²) in [6.07, 6.45) is 8.10. The third-order valence-corrected chi connectivity index (χ3v) is 15.6. The lowest BCUT2D eigenvalue weighted by Gasteiger charge is -2.48. The summed E-state index contributed by atoms with van der Waals surface area (Å²) < 4.78 is 24.7. The van der Waals surface area contributed by atoms with Gasteiger partial charge in [-0.2, -0.15) is 0 Å². The van der Waals surface area contributed by atoms with Crippen LogP contribution in [0.1, 0.15) is 87.3 Å². The molecule has 0 bridgehead atoms. The van der Waals surface area contributed by atoms with Crippen LogP contribution in [0.3, 0.4) is 0 Å². The van der Waals surface area contributed by atoms with Crippen molar-refractivity contribution in [2.75, 3.05) is 65.2 Å². The van der Waals surface area contributed by atoms with E-state index in [-0.39, 0.29) is 35.2 Å². The number of benzene rings is 2. The van der Waals surface area contributed by atoms with Crippen molar-refractivity contribution in [1.82, 2.24) is 24.4 Å². The molecule has 382 valence electrons. The molecule has 9 rings (SSSR count). The van der Waals surface area contributed by atoms with E-state index in [9.17, 15) is 29.0 Å². The number of hydrogen-bond acceptors (Lipinski definition) is 13. The molecule has 18 nitrogen and oxygen atoms in total. The van der Waals surface area contributed by atoms with Crippen molar-refractivity contribution in [3.8, 4) is 17.1 Å². The highest BCUT2D eigenvalue weighted by Gasteiger charge is 2.39. The summed E-state index contributed by atoms with van der Waals surface area (Å²) in [7, 11) is -3.27. The average Bonchev–Trinajstić information content (AvgIpc) is 3.82. The first kappa shape index (κ1) is 51.1. The van der Waals surface area contributed by atoms with E-state index in [1.807, 2.05) is 36.4 Å². The van der Waals surface area contributed by atoms with Gasteiger partial charge in [-0.3, -0.25) is 23.9 Å². The van der Waals surface area contributed by atoms with E-state index in [2.05, 4.69) is 74.1 Å². The number of phosphoric acid groups is 1. The molecule has 72 heavy (non-hydrogen) atoms. The van der Waals surface area contributed by atoms with Crippen LogP contribution >= 0.6 is 19.4 Å². The van der Waals surface area contributed by atoms with Gasteiger partial charge < -0.3 is 44.6 Å². The van der Waals surface area contributed by atoms with Gasteiger partial charge in [-0.05, 0) is 119 Å². The van der Waals surface area contributed by atoms with Crippen molar-refractivity contribution in [1.29, 1.82) is 0 Å². The number of fused-ring (bicyclic) bond motifs is 3. The number of pyridine rings is 1. The summed E-state index contributed by atoms with van der Waals surface area (Å²) in [5, 5.41) is 17.6. The third-order valence-electron chi connectivity index (χ3n) is 14.6. The number of halogens is 1. The number of aliphatic hydroxyl groups is 1. The van der Waals surface area contributed by atoms with E-state index >= 15 is 0 Å². The molecule has 2 amide bonds. The lowest BCUT2D eigenvalue weighted by Crippen LogP contribution is -2.58. The van der Waals surface area contributed by atoms with Gasteiger partial charge in [0.25, 0.3) is 11.8 Å². The Bertz CT molecular complexity index is 2980. The maximum Gasteiger partial charge on any atom is 0.470 e. The van der Waals surface area contributed by atoms with Crippen LogP contribution in [0, 0.1) is 5.41 Å². The molecule has 0 radical (unpaired) electrons. The van der Waals surface area contributed by atoms with E-state index in [0.717, 1.165) is 56.7 Å². The number of amides is 2. The highest BCUT2D eigenvalue weighted by Crippen LogP contribution is 2.48. The molecule has 1 aliphatic carbocycles. The first-order chi connectivity index (χ1) is 34.2. The van der Waals surface area contributed by atoms with Crippen LogP contribution < -0.4 is 30.1 Å². The number of nitrogens with one attached hydrogen (secondary N) is 2. The van der Waals surface area contributed by atoms with Gasteiger partial charge in [0.15, 0.2) is 5.82 Å². The highest BCUT2D eigenvalue weighted by molar-refractivity contribution is 7.46. The SMILES string of the molecule is C=CC(=O)Nc1cc(Nc2nc(-c3ccnc(N4CCn5c(cc6c5CC(C)(C)C6)C4=O)c3CO)cnc2OC)ccc1N1CCN(C2CCN(c3ccc(Cl)c(C(C)(C)OP(=O)(O)O)c3)[C@@H](C)C2)C[C@@H]1C. The van der Waals surface area contributed by atoms with Crippen LogP contribution in [0.4, 0.5) is 34.4 Å². The lowest BCUT2D eigenvalue weighted by atomic mass is 9.90. The monoisotopic (exact) mass is 1020 g/mol. The normalized spacial score (nSPS) is 20.3. The Balaban J connectivity index is 0.904. The van der Waals surface area contributed by atoms with Crippen molar-refractivity contribution < 1.29 is 38.3 Å². The first-order valence-corrected chi connectivity index (χ1v) is 26.3. The Hall–Kier alpha value is -5.85. The van der Waals surface area contributed by atoms with Crippen molar-refractivity contribution in [3.05, 3.63) is 107 Å². The van der Waals surface area contributed by atoms with E-state index in [4.69, 9.17) is 25.8 Å². The van der Waals surface area contributed by atoms with Gasteiger partial charge in [0.1, 0.15) is 17.1 Å². The zero-order valence-electron chi connectivity index (χ0n) is 41.9. The number of aromatic nitrogens is 4. The summed E-state index contributed by atoms with van der Waals surface area (Å²) in [4.78, 5) is 69.1. The fraction of sp³-hybridized carbons (Fsp3) is 0.442. The molecule has 2 aromatic carbocycles. The maximum absolute atomic E-state index is 14.1. The third kappa shape index (κ3) is 10.2. The molecule has 0 saturated carbocycles. The number of phosphoric ester groups is 1. The van der Waals surface area contributed by atoms with Gasteiger partial charge in [-0.25, -0.2) is 19.5 Å². The number of carbonyl (C=O) groups excluding carboxylic acids is 2. The second kappa shape index (κ2) is 19.9. The maximum atomic E-state index is 14.1. The topological polar surface area (TPSA) is 211 Å². The molecule has 5 aromatic rings. The molecule has 4 aliphatic rings. The fourth-order valence-corrected chi connectivity index (χ4v) is 12.3. The number of rotatable bonds is 14. The average molecular weight is 1020 g/mol. The molecule has 1 unspecified atom stereocenters. The van der Waals surface area contributed by atoms with E-state index in [1.165, 1.54) is 24.4 Å². The Labute approximate surface area is 425 Å². The molecule has 3 atom stereocenters. The Kier molecular flexibility index (Phi) is 14.1. The molecule has 5 N–H and O–H groups in total. The van der Waals surface area contributed by atoms with Gasteiger partial charge in [0.05, 0.1) is 37.0 Å². The zero-order valence-corrected chi connectivity index (χ0v) is 43.5. The van der Waals surface area contributed by atoms with Crippen molar-refractivity contribution >= 4 is 65.6 Å². The summed E-state index contributed by atoms with van der Waals surface area (Å²) >= 11 is 6.54. The predicted molar refractivity (Wildman–Crippen MR) is 279 cm³/mol. The minimum Gasteiger partial charge on any atom is -0.478 e. The molecule has 2 fully saturated rings. The van der Waals surface area contributed by atoms with Crippen LogP contribution in [-0.2, 0) is 45.5 Å². The van der Waals surface area contributed by atoms with E-state index in [0.29, 0.717) is 81.8 Å². The summed E-state index contributed by atoms with van der Waals surface area (Å²) in [6.45, 7) is 19.5. The van der Waals surface area contributed by atoms with Gasteiger partial charge in [-0.15, -0.1) is 0 Å². The number of carbonyl (C=O) groups is 2. The van der Waals surface area contributed by atoms with Gasteiger partial charge >= 0.3 is 7.82 Å². The second-order valence-electron chi connectivity index (χ2n) is 20.6. The number of methoxy groups -OCH3 is 1. The number of hydrogen-bond donors (Lipinski definition) is 5. The lowest BCUT2D eigenvalue weighted by molar-refractivity contribution is -0.111. The zero-order chi connectivity index (χ0) is 51.4. The summed E-state index contributed by atoms with van der Waals surface area (Å²) in [6, 6.07) is 15.7. The largest absolute Gasteiger partial charge is 0.478 e. The number of piperidine rings is 1. The van der Waals surface area contributed by atoms with Crippen LogP contribution in [0.25, 0.3) is 11.3 Å². The Morgan fingerprint density at radius 1 is 1.01 bits per heavy atom. The van der Waals surface area contributed by atoms with Crippen LogP contribution in [0.2, 0.25) is 5.02 Å². The van der Waals surface area contributed by atoms with Crippen molar-refractivity contribution in [3.63, 3.8) is 0 Å². The molecule has 3 aliphatic heterocycles. The van der Waals surface area contributed by atoms with Crippen LogP contribution in [0.5, 0.6) is 5.88 Å². The molecule has 20 heteroatoms. The number of piperazine rings is 1. The second-order valence-corrected chi connectivity index (χ2v) is 22.2. The van der Waals surface area contributed by atoms with Crippen LogP contribution in [-0.4, -0.2) is 109 Å². The van der Waals surface area contributed by atoms with Gasteiger partial charge in [0, 0.05) is 102 Å². The number of anilines is 6. The van der Waals surface area contributed by atoms with Gasteiger partial charge in [-0.1, -0.05) is 32.0 Å². The molecule has 3 aromatic heterocycles. The van der Waals surface area contributed by atoms with E-state index in [1.54, 1.807) is 43.3 Å². The molecule has 2 saturated heterocycles. The quantitative estimate of drug-likeness (QED) is 0.0526. The Morgan fingerprint density at radius 2 is 1.81 bits per heavy atom. The number of nitrogens with zero attached hydrogens (tertiary/aromatic N) is 8. The number of aliphatic hydroxyl groups excluding tert-OH is 1. The fourth-order valence-electron chi connectivity index (χ4n) is 11.3. The van der Waals surface area contributed by atoms with Crippen molar-refractivity contribution in [2.45, 2.75) is 104 Å². The summed E-state index contributed by atoms with van der Waals surface area (Å²) in [5.74, 6) is 0.381.